The van der Waals surface area contributed by atoms with Gasteiger partial charge in [0.25, 0.3) is 5.69 Å². The van der Waals surface area contributed by atoms with Crippen LogP contribution in [0.1, 0.15) is 13.8 Å². The Morgan fingerprint density at radius 2 is 1.13 bits per heavy atom. The normalized spacial score (nSPS) is 11.3. The van der Waals surface area contributed by atoms with Gasteiger partial charge in [0.2, 0.25) is 0 Å². The van der Waals surface area contributed by atoms with Crippen LogP contribution in [-0.2, 0) is 0 Å². The van der Waals surface area contributed by atoms with Crippen molar-refractivity contribution in [3.63, 3.8) is 0 Å². The maximum Gasteiger partial charge on any atom is 0.484 e. The lowest BCUT2D eigenvalue weighted by atomic mass is 10.2. The summed E-state index contributed by atoms with van der Waals surface area (Å²) in [6.45, 7) is 2.44. The Morgan fingerprint density at radius 3 is 1.40 bits per heavy atom. The fraction of sp³-hybridized carbons (Fsp3) is 0.333. The Kier molecular flexibility index (Phi) is 8.31. The van der Waals surface area contributed by atoms with E-state index in [0.29, 0.717) is 10.6 Å². The van der Waals surface area contributed by atoms with Gasteiger partial charge in [-0.1, -0.05) is 0 Å². The molecule has 0 saturated carbocycles. The maximum atomic E-state index is 12.5. The standard InChI is InChI=1S/C9H9F3N2O2.C9H11F3N2/c1-2-13(9(10,11)12)7-3-5-8(6-4-7)14(15)16;1-2-14(9(10,11)12)8-5-3-7(13)4-6-8/h3-6H,2H2,1H3;3-6H,2,13H2,1H3. The monoisotopic (exact) mass is 438 g/mol. The Hall–Kier alpha value is -3.18. The molecule has 0 radical (unpaired) electrons. The van der Waals surface area contributed by atoms with Crippen molar-refractivity contribution in [2.24, 2.45) is 0 Å². The first kappa shape index (κ1) is 24.9. The molecule has 0 aliphatic carbocycles. The molecule has 6 nitrogen and oxygen atoms in total. The second-order valence-electron chi connectivity index (χ2n) is 5.79. The van der Waals surface area contributed by atoms with Crippen LogP contribution in [0, 0.1) is 10.1 Å². The summed E-state index contributed by atoms with van der Waals surface area (Å²) in [6.07, 6.45) is -8.82. The third-order valence-electron chi connectivity index (χ3n) is 3.82. The highest BCUT2D eigenvalue weighted by Crippen LogP contribution is 2.29. The SMILES string of the molecule is CCN(c1ccc(N)cc1)C(F)(F)F.CCN(c1ccc([N+](=O)[O-])cc1)C(F)(F)F. The van der Waals surface area contributed by atoms with Gasteiger partial charge in [-0.3, -0.25) is 19.9 Å². The summed E-state index contributed by atoms with van der Waals surface area (Å²) in [5.41, 5.74) is 5.59. The van der Waals surface area contributed by atoms with Gasteiger partial charge < -0.3 is 5.73 Å². The van der Waals surface area contributed by atoms with Crippen molar-refractivity contribution in [1.82, 2.24) is 0 Å². The molecule has 30 heavy (non-hydrogen) atoms. The second kappa shape index (κ2) is 10.0. The molecule has 2 N–H and O–H groups in total. The molecule has 2 aromatic rings. The number of non-ortho nitro benzene ring substituents is 1. The number of nitrogens with zero attached hydrogens (tertiary/aromatic N) is 3. The Labute approximate surface area is 168 Å². The average Bonchev–Trinajstić information content (AvgIpc) is 2.63. The van der Waals surface area contributed by atoms with E-state index in [4.69, 9.17) is 5.73 Å². The molecule has 0 unspecified atom stereocenters. The van der Waals surface area contributed by atoms with Gasteiger partial charge in [0, 0.05) is 42.3 Å². The molecule has 0 spiro atoms. The quantitative estimate of drug-likeness (QED) is 0.218. The molecule has 0 fully saturated rings. The zero-order valence-corrected chi connectivity index (χ0v) is 16.0. The predicted octanol–water partition coefficient (Wildman–Crippen LogP) is 5.56. The predicted molar refractivity (Wildman–Crippen MR) is 102 cm³/mol. The van der Waals surface area contributed by atoms with Gasteiger partial charge >= 0.3 is 12.6 Å². The Morgan fingerprint density at radius 1 is 0.800 bits per heavy atom. The van der Waals surface area contributed by atoms with Crippen molar-refractivity contribution in [3.05, 3.63) is 58.6 Å². The van der Waals surface area contributed by atoms with Crippen molar-refractivity contribution in [2.75, 3.05) is 28.6 Å². The van der Waals surface area contributed by atoms with Gasteiger partial charge in [-0.2, -0.15) is 26.3 Å². The summed E-state index contributed by atoms with van der Waals surface area (Å²) in [6, 6.07) is 9.85. The molecule has 0 heterocycles. The van der Waals surface area contributed by atoms with Crippen molar-refractivity contribution in [1.29, 1.82) is 0 Å². The van der Waals surface area contributed by atoms with Crippen molar-refractivity contribution in [3.8, 4) is 0 Å². The summed E-state index contributed by atoms with van der Waals surface area (Å²) < 4.78 is 74.6. The molecular formula is C18H20F6N4O2. The van der Waals surface area contributed by atoms with E-state index in [1.807, 2.05) is 0 Å². The Bertz CT molecular complexity index is 807. The number of alkyl halides is 6. The van der Waals surface area contributed by atoms with Crippen LogP contribution in [0.5, 0.6) is 0 Å². The third-order valence-corrected chi connectivity index (χ3v) is 3.82. The van der Waals surface area contributed by atoms with Gasteiger partial charge in [0.1, 0.15) is 0 Å². The number of nitrogens with two attached hydrogens (primary N) is 1. The van der Waals surface area contributed by atoms with Gasteiger partial charge in [-0.25, -0.2) is 0 Å². The molecule has 0 aliphatic rings. The largest absolute Gasteiger partial charge is 0.484 e. The maximum absolute atomic E-state index is 12.5. The first-order valence-electron chi connectivity index (χ1n) is 8.60. The first-order chi connectivity index (χ1) is 13.8. The van der Waals surface area contributed by atoms with Gasteiger partial charge in [-0.05, 0) is 50.2 Å². The van der Waals surface area contributed by atoms with Crippen molar-refractivity contribution >= 4 is 22.7 Å². The van der Waals surface area contributed by atoms with E-state index in [0.717, 1.165) is 24.3 Å². The Balaban J connectivity index is 0.000000303. The number of hydrogen-bond donors (Lipinski definition) is 1. The number of anilines is 3. The number of halogens is 6. The second-order valence-corrected chi connectivity index (χ2v) is 5.79. The summed E-state index contributed by atoms with van der Waals surface area (Å²) in [5, 5.41) is 10.3. The van der Waals surface area contributed by atoms with Gasteiger partial charge in [-0.15, -0.1) is 0 Å². The molecule has 0 amide bonds. The molecule has 0 aliphatic heterocycles. The zero-order chi connectivity index (χ0) is 23.1. The van der Waals surface area contributed by atoms with E-state index in [1.54, 1.807) is 0 Å². The van der Waals surface area contributed by atoms with Gasteiger partial charge in [0.15, 0.2) is 0 Å². The first-order valence-corrected chi connectivity index (χ1v) is 8.60. The van der Waals surface area contributed by atoms with E-state index in [9.17, 15) is 36.5 Å². The van der Waals surface area contributed by atoms with Crippen LogP contribution in [0.25, 0.3) is 0 Å². The summed E-state index contributed by atoms with van der Waals surface area (Å²) in [4.78, 5) is 10.2. The third kappa shape index (κ3) is 7.01. The van der Waals surface area contributed by atoms with E-state index in [1.165, 1.54) is 38.1 Å². The van der Waals surface area contributed by atoms with Crippen LogP contribution in [0.2, 0.25) is 0 Å². The zero-order valence-electron chi connectivity index (χ0n) is 16.0. The fourth-order valence-corrected chi connectivity index (χ4v) is 2.43. The van der Waals surface area contributed by atoms with E-state index < -0.39 is 17.5 Å². The minimum atomic E-state index is -4.48. The number of nitro benzene ring substituents is 1. The van der Waals surface area contributed by atoms with Crippen LogP contribution < -0.4 is 15.5 Å². The number of nitro groups is 1. The molecular weight excluding hydrogens is 418 g/mol. The molecule has 0 atom stereocenters. The van der Waals surface area contributed by atoms with Crippen molar-refractivity contribution in [2.45, 2.75) is 26.4 Å². The highest BCUT2D eigenvalue weighted by molar-refractivity contribution is 5.53. The van der Waals surface area contributed by atoms with Crippen LogP contribution >= 0.6 is 0 Å². The fourth-order valence-electron chi connectivity index (χ4n) is 2.43. The molecule has 0 bridgehead atoms. The topological polar surface area (TPSA) is 75.6 Å². The van der Waals surface area contributed by atoms with E-state index in [-0.39, 0.29) is 35.1 Å². The molecule has 166 valence electrons. The minimum Gasteiger partial charge on any atom is -0.399 e. The molecule has 2 aromatic carbocycles. The van der Waals surface area contributed by atoms with Crippen LogP contribution in [-0.4, -0.2) is 30.6 Å². The number of rotatable bonds is 5. The number of hydrogen-bond acceptors (Lipinski definition) is 5. The number of nitrogen functional groups attached to an aromatic ring is 1. The average molecular weight is 438 g/mol. The van der Waals surface area contributed by atoms with E-state index in [2.05, 4.69) is 0 Å². The summed E-state index contributed by atoms with van der Waals surface area (Å²) in [5.74, 6) is 0. The lowest BCUT2D eigenvalue weighted by Gasteiger charge is -2.25. The van der Waals surface area contributed by atoms with Crippen LogP contribution in [0.15, 0.2) is 48.5 Å². The summed E-state index contributed by atoms with van der Waals surface area (Å²) >= 11 is 0. The minimum absolute atomic E-state index is 0.106. The highest BCUT2D eigenvalue weighted by atomic mass is 19.4. The molecule has 2 rings (SSSR count). The van der Waals surface area contributed by atoms with Crippen LogP contribution in [0.3, 0.4) is 0 Å². The van der Waals surface area contributed by atoms with Crippen molar-refractivity contribution < 1.29 is 31.3 Å². The molecule has 12 heteroatoms. The summed E-state index contributed by atoms with van der Waals surface area (Å²) in [7, 11) is 0. The van der Waals surface area contributed by atoms with Gasteiger partial charge in [0.05, 0.1) is 4.92 Å². The lowest BCUT2D eigenvalue weighted by Crippen LogP contribution is -2.37. The smallest absolute Gasteiger partial charge is 0.399 e. The highest BCUT2D eigenvalue weighted by Gasteiger charge is 2.37. The van der Waals surface area contributed by atoms with E-state index >= 15 is 0 Å². The lowest BCUT2D eigenvalue weighted by molar-refractivity contribution is -0.384. The molecule has 0 aromatic heterocycles. The van der Waals surface area contributed by atoms with Crippen LogP contribution in [0.4, 0.5) is 49.1 Å². The number of benzene rings is 2. The molecule has 0 saturated heterocycles.